The Balaban J connectivity index is 1.94. The van der Waals surface area contributed by atoms with E-state index in [4.69, 9.17) is 4.74 Å². The van der Waals surface area contributed by atoms with Crippen LogP contribution in [0.3, 0.4) is 0 Å². The zero-order valence-corrected chi connectivity index (χ0v) is 12.8. The van der Waals surface area contributed by atoms with Gasteiger partial charge in [-0.15, -0.1) is 0 Å². The van der Waals surface area contributed by atoms with Crippen molar-refractivity contribution in [2.45, 2.75) is 13.8 Å². The zero-order valence-electron chi connectivity index (χ0n) is 12.8. The highest BCUT2D eigenvalue weighted by Gasteiger charge is 1.96. The maximum atomic E-state index is 5.55. The fourth-order valence-corrected chi connectivity index (χ4v) is 1.95. The van der Waals surface area contributed by atoms with Gasteiger partial charge in [-0.1, -0.05) is 56.3 Å². The summed E-state index contributed by atoms with van der Waals surface area (Å²) in [6.45, 7) is 11.1. The van der Waals surface area contributed by atoms with Crippen molar-refractivity contribution in [3.63, 3.8) is 0 Å². The summed E-state index contributed by atoms with van der Waals surface area (Å²) >= 11 is 0. The minimum atomic E-state index is 0.673. The first kappa shape index (κ1) is 16.9. The third-order valence-corrected chi connectivity index (χ3v) is 3.25. The summed E-state index contributed by atoms with van der Waals surface area (Å²) in [5.41, 5.74) is 1.22. The third kappa shape index (κ3) is 8.10. The number of rotatable bonds is 11. The van der Waals surface area contributed by atoms with Crippen LogP contribution in [-0.4, -0.2) is 50.8 Å². The molecule has 0 aliphatic heterocycles. The molecule has 1 N–H and O–H groups in total. The van der Waals surface area contributed by atoms with Gasteiger partial charge in [0.1, 0.15) is 0 Å². The minimum absolute atomic E-state index is 0.673. The highest BCUT2D eigenvalue weighted by atomic mass is 16.5. The lowest BCUT2D eigenvalue weighted by Crippen LogP contribution is -2.33. The first-order chi connectivity index (χ1) is 9.86. The lowest BCUT2D eigenvalue weighted by molar-refractivity contribution is 0.163. The van der Waals surface area contributed by atoms with Gasteiger partial charge in [0.2, 0.25) is 0 Å². The fourth-order valence-electron chi connectivity index (χ4n) is 1.95. The topological polar surface area (TPSA) is 24.5 Å². The number of nitrogens with zero attached hydrogens (tertiary/aromatic N) is 1. The Bertz CT molecular complexity index is 347. The van der Waals surface area contributed by atoms with Crippen molar-refractivity contribution >= 4 is 6.08 Å². The first-order valence-electron chi connectivity index (χ1n) is 7.59. The molecule has 20 heavy (non-hydrogen) atoms. The van der Waals surface area contributed by atoms with Crippen LogP contribution < -0.4 is 5.32 Å². The second-order valence-corrected chi connectivity index (χ2v) is 4.66. The van der Waals surface area contributed by atoms with E-state index in [2.05, 4.69) is 48.3 Å². The standard InChI is InChI=1S/C17H28N2O/c1-3-19(4-2)14-12-18-13-16-20-15-8-11-17-9-6-5-7-10-17/h5-11,18H,3-4,12-16H2,1-2H3. The van der Waals surface area contributed by atoms with Crippen molar-refractivity contribution in [2.75, 3.05) is 45.9 Å². The van der Waals surface area contributed by atoms with E-state index < -0.39 is 0 Å². The van der Waals surface area contributed by atoms with E-state index >= 15 is 0 Å². The van der Waals surface area contributed by atoms with Gasteiger partial charge in [0.25, 0.3) is 0 Å². The van der Waals surface area contributed by atoms with E-state index in [0.29, 0.717) is 6.61 Å². The smallest absolute Gasteiger partial charge is 0.0651 e. The van der Waals surface area contributed by atoms with Crippen LogP contribution in [0, 0.1) is 0 Å². The summed E-state index contributed by atoms with van der Waals surface area (Å²) in [4.78, 5) is 2.41. The van der Waals surface area contributed by atoms with Crippen molar-refractivity contribution in [1.29, 1.82) is 0 Å². The van der Waals surface area contributed by atoms with Crippen molar-refractivity contribution < 1.29 is 4.74 Å². The molecule has 0 heterocycles. The molecule has 1 rings (SSSR count). The number of hydrogen-bond donors (Lipinski definition) is 1. The SMILES string of the molecule is CCN(CC)CCNCCOCC=Cc1ccccc1. The van der Waals surface area contributed by atoms with E-state index in [1.165, 1.54) is 5.56 Å². The van der Waals surface area contributed by atoms with Gasteiger partial charge in [0, 0.05) is 19.6 Å². The van der Waals surface area contributed by atoms with Crippen LogP contribution >= 0.6 is 0 Å². The molecule has 0 atom stereocenters. The van der Waals surface area contributed by atoms with Gasteiger partial charge in [-0.05, 0) is 18.7 Å². The van der Waals surface area contributed by atoms with Crippen LogP contribution in [0.15, 0.2) is 36.4 Å². The quantitative estimate of drug-likeness (QED) is 0.629. The average molecular weight is 276 g/mol. The minimum Gasteiger partial charge on any atom is -0.376 e. The molecule has 0 radical (unpaired) electrons. The summed E-state index contributed by atoms with van der Waals surface area (Å²) in [7, 11) is 0. The maximum Gasteiger partial charge on any atom is 0.0651 e. The Morgan fingerprint density at radius 2 is 1.85 bits per heavy atom. The summed E-state index contributed by atoms with van der Waals surface area (Å²) < 4.78 is 5.55. The van der Waals surface area contributed by atoms with Crippen LogP contribution in [0.5, 0.6) is 0 Å². The number of hydrogen-bond acceptors (Lipinski definition) is 3. The van der Waals surface area contributed by atoms with Gasteiger partial charge in [0.05, 0.1) is 13.2 Å². The number of benzene rings is 1. The van der Waals surface area contributed by atoms with Gasteiger partial charge in [-0.3, -0.25) is 0 Å². The molecule has 0 saturated heterocycles. The molecular weight excluding hydrogens is 248 g/mol. The number of likely N-dealkylation sites (N-methyl/N-ethyl adjacent to an activating group) is 1. The van der Waals surface area contributed by atoms with E-state index in [1.807, 2.05) is 18.2 Å². The molecule has 0 amide bonds. The molecule has 1 aromatic rings. The van der Waals surface area contributed by atoms with Crippen molar-refractivity contribution in [3.05, 3.63) is 42.0 Å². The molecule has 0 aliphatic carbocycles. The van der Waals surface area contributed by atoms with Crippen LogP contribution in [-0.2, 0) is 4.74 Å². The molecule has 1 aromatic carbocycles. The van der Waals surface area contributed by atoms with Gasteiger partial charge < -0.3 is 15.0 Å². The average Bonchev–Trinajstić information content (AvgIpc) is 2.50. The van der Waals surface area contributed by atoms with Crippen LogP contribution in [0.25, 0.3) is 6.08 Å². The highest BCUT2D eigenvalue weighted by Crippen LogP contribution is 2.00. The third-order valence-electron chi connectivity index (χ3n) is 3.25. The van der Waals surface area contributed by atoms with Crippen molar-refractivity contribution in [1.82, 2.24) is 10.2 Å². The van der Waals surface area contributed by atoms with E-state index in [9.17, 15) is 0 Å². The van der Waals surface area contributed by atoms with Gasteiger partial charge in [-0.2, -0.15) is 0 Å². The summed E-state index contributed by atoms with van der Waals surface area (Å²) in [6.07, 6.45) is 4.15. The van der Waals surface area contributed by atoms with Gasteiger partial charge >= 0.3 is 0 Å². The van der Waals surface area contributed by atoms with E-state index in [-0.39, 0.29) is 0 Å². The number of ether oxygens (including phenoxy) is 1. The molecular formula is C17H28N2O. The lowest BCUT2D eigenvalue weighted by atomic mass is 10.2. The molecule has 0 spiro atoms. The van der Waals surface area contributed by atoms with Crippen molar-refractivity contribution in [3.8, 4) is 0 Å². The Morgan fingerprint density at radius 1 is 1.10 bits per heavy atom. The Morgan fingerprint density at radius 3 is 2.55 bits per heavy atom. The number of nitrogens with one attached hydrogen (secondary N) is 1. The molecule has 0 unspecified atom stereocenters. The normalized spacial score (nSPS) is 11.6. The fraction of sp³-hybridized carbons (Fsp3) is 0.529. The Hall–Kier alpha value is -1.16. The lowest BCUT2D eigenvalue weighted by Gasteiger charge is -2.17. The molecule has 0 saturated carbocycles. The molecule has 0 fully saturated rings. The monoisotopic (exact) mass is 276 g/mol. The molecule has 0 aromatic heterocycles. The molecule has 112 valence electrons. The largest absolute Gasteiger partial charge is 0.376 e. The second kappa shape index (κ2) is 11.6. The Labute approximate surface area is 123 Å². The van der Waals surface area contributed by atoms with Crippen LogP contribution in [0.4, 0.5) is 0 Å². The van der Waals surface area contributed by atoms with E-state index in [1.54, 1.807) is 0 Å². The molecule has 0 aliphatic rings. The summed E-state index contributed by atoms with van der Waals surface area (Å²) in [5, 5.41) is 3.40. The van der Waals surface area contributed by atoms with E-state index in [0.717, 1.165) is 39.3 Å². The molecule has 3 heteroatoms. The van der Waals surface area contributed by atoms with Gasteiger partial charge in [-0.25, -0.2) is 0 Å². The first-order valence-corrected chi connectivity index (χ1v) is 7.59. The summed E-state index contributed by atoms with van der Waals surface area (Å²) in [6, 6.07) is 10.3. The zero-order chi connectivity index (χ0) is 14.5. The second-order valence-electron chi connectivity index (χ2n) is 4.66. The van der Waals surface area contributed by atoms with Gasteiger partial charge in [0.15, 0.2) is 0 Å². The molecule has 0 bridgehead atoms. The maximum absolute atomic E-state index is 5.55. The summed E-state index contributed by atoms with van der Waals surface area (Å²) in [5.74, 6) is 0. The predicted octanol–water partition coefficient (Wildman–Crippen LogP) is 2.65. The van der Waals surface area contributed by atoms with Crippen LogP contribution in [0.2, 0.25) is 0 Å². The van der Waals surface area contributed by atoms with Crippen molar-refractivity contribution in [2.24, 2.45) is 0 Å². The molecule has 3 nitrogen and oxygen atoms in total. The Kier molecular flexibility index (Phi) is 9.84. The highest BCUT2D eigenvalue weighted by molar-refractivity contribution is 5.48. The predicted molar refractivity (Wildman–Crippen MR) is 87.0 cm³/mol. The van der Waals surface area contributed by atoms with Crippen LogP contribution in [0.1, 0.15) is 19.4 Å².